The summed E-state index contributed by atoms with van der Waals surface area (Å²) in [6, 6.07) is 8.10. The standard InChI is InChI=1S/C14H17NO2S/c1-2-11-5-3-4-6-13(11)17-8-7-14-15-12(9-16)10-18-14/h3-6,10,16H,2,7-9H2,1H3. The number of thiazole rings is 1. The molecule has 4 heteroatoms. The summed E-state index contributed by atoms with van der Waals surface area (Å²) in [4.78, 5) is 4.29. The van der Waals surface area contributed by atoms with Crippen molar-refractivity contribution >= 4 is 11.3 Å². The smallest absolute Gasteiger partial charge is 0.122 e. The van der Waals surface area contributed by atoms with Crippen LogP contribution in [0.15, 0.2) is 29.6 Å². The number of rotatable bonds is 6. The number of aliphatic hydroxyl groups excluding tert-OH is 1. The average molecular weight is 263 g/mol. The fourth-order valence-corrected chi connectivity index (χ4v) is 2.49. The van der Waals surface area contributed by atoms with Crippen molar-refractivity contribution in [1.29, 1.82) is 0 Å². The molecule has 0 saturated carbocycles. The molecular weight excluding hydrogens is 246 g/mol. The summed E-state index contributed by atoms with van der Waals surface area (Å²) in [6.45, 7) is 2.75. The second-order valence-electron chi connectivity index (χ2n) is 3.95. The Labute approximate surface area is 111 Å². The van der Waals surface area contributed by atoms with Gasteiger partial charge in [0.05, 0.1) is 23.9 Å². The molecule has 3 nitrogen and oxygen atoms in total. The highest BCUT2D eigenvalue weighted by Crippen LogP contribution is 2.19. The van der Waals surface area contributed by atoms with Gasteiger partial charge in [-0.3, -0.25) is 0 Å². The molecule has 0 aliphatic carbocycles. The highest BCUT2D eigenvalue weighted by molar-refractivity contribution is 7.09. The summed E-state index contributed by atoms with van der Waals surface area (Å²) in [5.41, 5.74) is 1.97. The van der Waals surface area contributed by atoms with Crippen LogP contribution >= 0.6 is 11.3 Å². The van der Waals surface area contributed by atoms with E-state index >= 15 is 0 Å². The monoisotopic (exact) mass is 263 g/mol. The summed E-state index contributed by atoms with van der Waals surface area (Å²) < 4.78 is 5.78. The van der Waals surface area contributed by atoms with Gasteiger partial charge in [-0.05, 0) is 18.1 Å². The molecule has 0 spiro atoms. The molecule has 0 unspecified atom stereocenters. The third-order valence-corrected chi connectivity index (χ3v) is 3.65. The maximum atomic E-state index is 8.94. The first-order valence-electron chi connectivity index (χ1n) is 6.08. The van der Waals surface area contributed by atoms with Crippen molar-refractivity contribution in [2.45, 2.75) is 26.4 Å². The maximum Gasteiger partial charge on any atom is 0.122 e. The number of aromatic nitrogens is 1. The van der Waals surface area contributed by atoms with Crippen molar-refractivity contribution in [2.75, 3.05) is 6.61 Å². The molecule has 0 radical (unpaired) electrons. The van der Waals surface area contributed by atoms with Gasteiger partial charge in [0.25, 0.3) is 0 Å². The highest BCUT2D eigenvalue weighted by atomic mass is 32.1. The number of hydrogen-bond acceptors (Lipinski definition) is 4. The Hall–Kier alpha value is -1.39. The third-order valence-electron chi connectivity index (χ3n) is 2.69. The van der Waals surface area contributed by atoms with Gasteiger partial charge in [-0.2, -0.15) is 0 Å². The largest absolute Gasteiger partial charge is 0.493 e. The van der Waals surface area contributed by atoms with E-state index in [-0.39, 0.29) is 6.61 Å². The molecular formula is C14H17NO2S. The Bertz CT molecular complexity index is 496. The van der Waals surface area contributed by atoms with E-state index in [0.717, 1.165) is 29.3 Å². The summed E-state index contributed by atoms with van der Waals surface area (Å²) >= 11 is 1.57. The third kappa shape index (κ3) is 3.31. The van der Waals surface area contributed by atoms with E-state index in [4.69, 9.17) is 9.84 Å². The van der Waals surface area contributed by atoms with Crippen LogP contribution in [0.3, 0.4) is 0 Å². The molecule has 18 heavy (non-hydrogen) atoms. The van der Waals surface area contributed by atoms with Gasteiger partial charge in [-0.25, -0.2) is 4.98 Å². The minimum Gasteiger partial charge on any atom is -0.493 e. The zero-order chi connectivity index (χ0) is 12.8. The van der Waals surface area contributed by atoms with Gasteiger partial charge < -0.3 is 9.84 Å². The molecule has 0 aliphatic heterocycles. The number of ether oxygens (including phenoxy) is 1. The van der Waals surface area contributed by atoms with Crippen molar-refractivity contribution in [3.8, 4) is 5.75 Å². The van der Waals surface area contributed by atoms with E-state index in [1.54, 1.807) is 11.3 Å². The van der Waals surface area contributed by atoms with Crippen molar-refractivity contribution < 1.29 is 9.84 Å². The van der Waals surface area contributed by atoms with Gasteiger partial charge in [-0.1, -0.05) is 25.1 Å². The van der Waals surface area contributed by atoms with Gasteiger partial charge in [0, 0.05) is 11.8 Å². The summed E-state index contributed by atoms with van der Waals surface area (Å²) in [5.74, 6) is 0.957. The molecule has 2 rings (SSSR count). The molecule has 1 aromatic heterocycles. The van der Waals surface area contributed by atoms with Crippen LogP contribution in [0, 0.1) is 0 Å². The van der Waals surface area contributed by atoms with Gasteiger partial charge >= 0.3 is 0 Å². The Morgan fingerprint density at radius 1 is 1.33 bits per heavy atom. The fourth-order valence-electron chi connectivity index (χ4n) is 1.72. The van der Waals surface area contributed by atoms with E-state index in [1.807, 2.05) is 23.6 Å². The van der Waals surface area contributed by atoms with E-state index in [1.165, 1.54) is 5.56 Å². The van der Waals surface area contributed by atoms with Gasteiger partial charge in [0.2, 0.25) is 0 Å². The molecule has 0 atom stereocenters. The second kappa shape index (κ2) is 6.52. The van der Waals surface area contributed by atoms with Crippen LogP contribution < -0.4 is 4.74 Å². The van der Waals surface area contributed by atoms with Crippen LogP contribution in [-0.4, -0.2) is 16.7 Å². The topological polar surface area (TPSA) is 42.4 Å². The quantitative estimate of drug-likeness (QED) is 0.871. The van der Waals surface area contributed by atoms with Crippen LogP contribution in [-0.2, 0) is 19.4 Å². The Kier molecular flexibility index (Phi) is 4.73. The Morgan fingerprint density at radius 2 is 2.17 bits per heavy atom. The first kappa shape index (κ1) is 13.1. The number of hydrogen-bond donors (Lipinski definition) is 1. The van der Waals surface area contributed by atoms with Gasteiger partial charge in [0.1, 0.15) is 5.75 Å². The van der Waals surface area contributed by atoms with Crippen LogP contribution in [0.4, 0.5) is 0 Å². The number of aliphatic hydroxyl groups is 1. The molecule has 0 aliphatic rings. The molecule has 2 aromatic rings. The van der Waals surface area contributed by atoms with Crippen molar-refractivity contribution in [3.05, 3.63) is 45.9 Å². The SMILES string of the molecule is CCc1ccccc1OCCc1nc(CO)cs1. The minimum absolute atomic E-state index is 0.00995. The fraction of sp³-hybridized carbons (Fsp3) is 0.357. The Morgan fingerprint density at radius 3 is 2.89 bits per heavy atom. The lowest BCUT2D eigenvalue weighted by molar-refractivity contribution is 0.277. The van der Waals surface area contributed by atoms with Crippen LogP contribution in [0.25, 0.3) is 0 Å². The summed E-state index contributed by atoms with van der Waals surface area (Å²) in [6.07, 6.45) is 1.75. The molecule has 1 heterocycles. The first-order chi connectivity index (χ1) is 8.83. The maximum absolute atomic E-state index is 8.94. The van der Waals surface area contributed by atoms with Gasteiger partial charge in [-0.15, -0.1) is 11.3 Å². The second-order valence-corrected chi connectivity index (χ2v) is 4.89. The predicted octanol–water partition coefficient (Wildman–Crippen LogP) is 2.82. The predicted molar refractivity (Wildman–Crippen MR) is 73.1 cm³/mol. The zero-order valence-corrected chi connectivity index (χ0v) is 11.2. The summed E-state index contributed by atoms with van der Waals surface area (Å²) in [7, 11) is 0. The molecule has 0 saturated heterocycles. The lowest BCUT2D eigenvalue weighted by Gasteiger charge is -2.09. The molecule has 0 amide bonds. The molecule has 0 fully saturated rings. The number of nitrogens with zero attached hydrogens (tertiary/aromatic N) is 1. The van der Waals surface area contributed by atoms with Crippen LogP contribution in [0.5, 0.6) is 5.75 Å². The van der Waals surface area contributed by atoms with E-state index in [2.05, 4.69) is 18.0 Å². The van der Waals surface area contributed by atoms with E-state index in [0.29, 0.717) is 6.61 Å². The van der Waals surface area contributed by atoms with Crippen LogP contribution in [0.1, 0.15) is 23.2 Å². The molecule has 1 N–H and O–H groups in total. The first-order valence-corrected chi connectivity index (χ1v) is 6.96. The number of aryl methyl sites for hydroxylation is 1. The van der Waals surface area contributed by atoms with Crippen molar-refractivity contribution in [2.24, 2.45) is 0 Å². The van der Waals surface area contributed by atoms with E-state index < -0.39 is 0 Å². The molecule has 0 bridgehead atoms. The normalized spacial score (nSPS) is 10.6. The number of benzene rings is 1. The Balaban J connectivity index is 1.88. The summed E-state index contributed by atoms with van der Waals surface area (Å²) in [5, 5.41) is 11.8. The lowest BCUT2D eigenvalue weighted by Crippen LogP contribution is -2.03. The minimum atomic E-state index is 0.00995. The zero-order valence-electron chi connectivity index (χ0n) is 10.4. The lowest BCUT2D eigenvalue weighted by atomic mass is 10.1. The van der Waals surface area contributed by atoms with Gasteiger partial charge in [0.15, 0.2) is 0 Å². The van der Waals surface area contributed by atoms with Crippen LogP contribution in [0.2, 0.25) is 0 Å². The average Bonchev–Trinajstić information content (AvgIpc) is 2.87. The van der Waals surface area contributed by atoms with E-state index in [9.17, 15) is 0 Å². The number of para-hydroxylation sites is 1. The molecule has 96 valence electrons. The highest BCUT2D eigenvalue weighted by Gasteiger charge is 2.03. The molecule has 1 aromatic carbocycles. The van der Waals surface area contributed by atoms with Crippen molar-refractivity contribution in [3.63, 3.8) is 0 Å². The van der Waals surface area contributed by atoms with Crippen molar-refractivity contribution in [1.82, 2.24) is 4.98 Å².